The summed E-state index contributed by atoms with van der Waals surface area (Å²) in [6.07, 6.45) is 7.03. The van der Waals surface area contributed by atoms with Gasteiger partial charge in [-0.15, -0.1) is 0 Å². The first-order chi connectivity index (χ1) is 12.2. The van der Waals surface area contributed by atoms with E-state index < -0.39 is 9.84 Å². The number of hydrogen-bond acceptors (Lipinski definition) is 5. The molecule has 6 nitrogen and oxygen atoms in total. The molecular formula is C19H35N3O3S. The Morgan fingerprint density at radius 2 is 1.81 bits per heavy atom. The number of amides is 1. The van der Waals surface area contributed by atoms with E-state index in [4.69, 9.17) is 5.73 Å². The molecule has 2 aliphatic heterocycles. The topological polar surface area (TPSA) is 83.7 Å². The first-order valence-corrected chi connectivity index (χ1v) is 12.0. The van der Waals surface area contributed by atoms with E-state index >= 15 is 0 Å². The highest BCUT2D eigenvalue weighted by Gasteiger charge is 2.40. The van der Waals surface area contributed by atoms with Crippen molar-refractivity contribution in [3.05, 3.63) is 0 Å². The summed E-state index contributed by atoms with van der Waals surface area (Å²) < 4.78 is 24.0. The molecule has 3 fully saturated rings. The van der Waals surface area contributed by atoms with Gasteiger partial charge in [0.2, 0.25) is 5.91 Å². The van der Waals surface area contributed by atoms with Gasteiger partial charge in [-0.2, -0.15) is 0 Å². The molecule has 2 atom stereocenters. The first-order valence-electron chi connectivity index (χ1n) is 10.2. The van der Waals surface area contributed by atoms with Gasteiger partial charge in [-0.1, -0.05) is 33.1 Å². The minimum atomic E-state index is -3.00. The van der Waals surface area contributed by atoms with Crippen molar-refractivity contribution in [2.75, 3.05) is 31.1 Å². The Bertz CT molecular complexity index is 614. The van der Waals surface area contributed by atoms with Crippen LogP contribution in [0.15, 0.2) is 0 Å². The molecule has 150 valence electrons. The fraction of sp³-hybridized carbons (Fsp3) is 0.947. The van der Waals surface area contributed by atoms with Gasteiger partial charge in [0.15, 0.2) is 9.84 Å². The van der Waals surface area contributed by atoms with Crippen LogP contribution in [0.3, 0.4) is 0 Å². The molecule has 3 rings (SSSR count). The van der Waals surface area contributed by atoms with E-state index in [1.165, 1.54) is 6.42 Å². The molecule has 0 bridgehead atoms. The van der Waals surface area contributed by atoms with E-state index in [1.807, 2.05) is 4.90 Å². The zero-order valence-corrected chi connectivity index (χ0v) is 17.1. The minimum absolute atomic E-state index is 0.00486. The van der Waals surface area contributed by atoms with E-state index in [0.29, 0.717) is 13.0 Å². The van der Waals surface area contributed by atoms with Crippen molar-refractivity contribution in [1.29, 1.82) is 0 Å². The van der Waals surface area contributed by atoms with Gasteiger partial charge in [-0.05, 0) is 31.1 Å². The molecule has 0 radical (unpaired) electrons. The molecule has 3 aliphatic rings. The van der Waals surface area contributed by atoms with Crippen LogP contribution < -0.4 is 5.73 Å². The molecule has 2 N–H and O–H groups in total. The van der Waals surface area contributed by atoms with Gasteiger partial charge in [0.25, 0.3) is 0 Å². The molecular weight excluding hydrogens is 350 g/mol. The highest BCUT2D eigenvalue weighted by molar-refractivity contribution is 7.91. The fourth-order valence-corrected chi connectivity index (χ4v) is 6.66. The van der Waals surface area contributed by atoms with Gasteiger partial charge in [0.05, 0.1) is 18.1 Å². The van der Waals surface area contributed by atoms with Crippen LogP contribution >= 0.6 is 0 Å². The van der Waals surface area contributed by atoms with Gasteiger partial charge in [0, 0.05) is 31.2 Å². The SMILES string of the molecule is CC1(C)CN(CC(=O)N(C2CCCCC2)C2CCS(=O)(=O)C2)CCC1N. The van der Waals surface area contributed by atoms with Crippen molar-refractivity contribution in [2.24, 2.45) is 11.1 Å². The third-order valence-electron chi connectivity index (χ3n) is 6.61. The van der Waals surface area contributed by atoms with E-state index in [-0.39, 0.29) is 41.0 Å². The Morgan fingerprint density at radius 1 is 1.12 bits per heavy atom. The Balaban J connectivity index is 1.70. The minimum Gasteiger partial charge on any atom is -0.335 e. The first kappa shape index (κ1) is 20.1. The lowest BCUT2D eigenvalue weighted by Gasteiger charge is -2.44. The monoisotopic (exact) mass is 385 g/mol. The van der Waals surface area contributed by atoms with E-state index in [2.05, 4.69) is 18.7 Å². The number of rotatable bonds is 4. The van der Waals surface area contributed by atoms with Crippen LogP contribution in [-0.2, 0) is 14.6 Å². The maximum Gasteiger partial charge on any atom is 0.237 e. The van der Waals surface area contributed by atoms with Gasteiger partial charge < -0.3 is 10.6 Å². The molecule has 26 heavy (non-hydrogen) atoms. The van der Waals surface area contributed by atoms with Crippen molar-refractivity contribution in [3.63, 3.8) is 0 Å². The van der Waals surface area contributed by atoms with Crippen LogP contribution in [0.2, 0.25) is 0 Å². The summed E-state index contributed by atoms with van der Waals surface area (Å²) in [6, 6.07) is 0.258. The molecule has 1 saturated carbocycles. The summed E-state index contributed by atoms with van der Waals surface area (Å²) in [5.74, 6) is 0.482. The Hall–Kier alpha value is -0.660. The van der Waals surface area contributed by atoms with Crippen LogP contribution in [0.5, 0.6) is 0 Å². The summed E-state index contributed by atoms with van der Waals surface area (Å²) in [4.78, 5) is 17.5. The summed E-state index contributed by atoms with van der Waals surface area (Å²) in [5.41, 5.74) is 6.23. The van der Waals surface area contributed by atoms with E-state index in [0.717, 1.165) is 45.2 Å². The van der Waals surface area contributed by atoms with E-state index in [9.17, 15) is 13.2 Å². The highest BCUT2D eigenvalue weighted by Crippen LogP contribution is 2.30. The van der Waals surface area contributed by atoms with Crippen molar-refractivity contribution in [2.45, 2.75) is 76.9 Å². The van der Waals surface area contributed by atoms with E-state index in [1.54, 1.807) is 0 Å². The number of hydrogen-bond donors (Lipinski definition) is 1. The zero-order valence-electron chi connectivity index (χ0n) is 16.3. The van der Waals surface area contributed by atoms with Crippen LogP contribution in [0.25, 0.3) is 0 Å². The Morgan fingerprint density at radius 3 is 2.38 bits per heavy atom. The molecule has 0 aromatic heterocycles. The second kappa shape index (κ2) is 7.76. The van der Waals surface area contributed by atoms with Crippen molar-refractivity contribution >= 4 is 15.7 Å². The molecule has 2 saturated heterocycles. The normalized spacial score (nSPS) is 32.4. The lowest BCUT2D eigenvalue weighted by atomic mass is 9.80. The average molecular weight is 386 g/mol. The number of sulfone groups is 1. The molecule has 1 aliphatic carbocycles. The molecule has 0 aromatic carbocycles. The lowest BCUT2D eigenvalue weighted by Crippen LogP contribution is -2.56. The number of carbonyl (C=O) groups is 1. The van der Waals surface area contributed by atoms with Gasteiger partial charge in [-0.3, -0.25) is 9.69 Å². The molecule has 0 spiro atoms. The molecule has 2 unspecified atom stereocenters. The Kier molecular flexibility index (Phi) is 5.99. The summed E-state index contributed by atoms with van der Waals surface area (Å²) in [6.45, 7) is 6.38. The highest BCUT2D eigenvalue weighted by atomic mass is 32.2. The van der Waals surface area contributed by atoms with Crippen LogP contribution in [0.1, 0.15) is 58.8 Å². The largest absolute Gasteiger partial charge is 0.335 e. The molecule has 7 heteroatoms. The van der Waals surface area contributed by atoms with Gasteiger partial charge in [-0.25, -0.2) is 8.42 Å². The number of carbonyl (C=O) groups excluding carboxylic acids is 1. The lowest BCUT2D eigenvalue weighted by molar-refractivity contribution is -0.138. The van der Waals surface area contributed by atoms with Crippen molar-refractivity contribution in [1.82, 2.24) is 9.80 Å². The molecule has 2 heterocycles. The smallest absolute Gasteiger partial charge is 0.237 e. The molecule has 1 amide bonds. The second-order valence-electron chi connectivity index (χ2n) is 9.24. The standard InChI is InChI=1S/C19H35N3O3S/c1-19(2)14-21(10-8-17(19)20)12-18(23)22(15-6-4-3-5-7-15)16-9-11-26(24,25)13-16/h15-17H,3-14,20H2,1-2H3. The number of nitrogens with two attached hydrogens (primary N) is 1. The third kappa shape index (κ3) is 4.60. The Labute approximate surface area is 158 Å². The maximum absolute atomic E-state index is 13.3. The summed E-state index contributed by atoms with van der Waals surface area (Å²) >= 11 is 0. The quantitative estimate of drug-likeness (QED) is 0.791. The van der Waals surface area contributed by atoms with Crippen LogP contribution in [0, 0.1) is 5.41 Å². The predicted molar refractivity (Wildman–Crippen MR) is 104 cm³/mol. The maximum atomic E-state index is 13.3. The molecule has 0 aromatic rings. The summed E-state index contributed by atoms with van der Waals surface area (Å²) in [5, 5.41) is 0. The third-order valence-corrected chi connectivity index (χ3v) is 8.36. The van der Waals surface area contributed by atoms with Crippen molar-refractivity contribution < 1.29 is 13.2 Å². The number of nitrogens with zero attached hydrogens (tertiary/aromatic N) is 2. The number of piperidine rings is 1. The summed E-state index contributed by atoms with van der Waals surface area (Å²) in [7, 11) is -3.00. The number of likely N-dealkylation sites (tertiary alicyclic amines) is 1. The predicted octanol–water partition coefficient (Wildman–Crippen LogP) is 1.39. The van der Waals surface area contributed by atoms with Crippen LogP contribution in [-0.4, -0.2) is 73.4 Å². The second-order valence-corrected chi connectivity index (χ2v) is 11.5. The van der Waals surface area contributed by atoms with Crippen molar-refractivity contribution in [3.8, 4) is 0 Å². The zero-order chi connectivity index (χ0) is 18.9. The van der Waals surface area contributed by atoms with Gasteiger partial charge >= 0.3 is 0 Å². The van der Waals surface area contributed by atoms with Crippen LogP contribution in [0.4, 0.5) is 0 Å². The fourth-order valence-electron chi connectivity index (χ4n) is 4.95. The van der Waals surface area contributed by atoms with Gasteiger partial charge in [0.1, 0.15) is 0 Å². The average Bonchev–Trinajstić information content (AvgIpc) is 2.91.